The molecule has 0 bridgehead atoms. The zero-order valence-electron chi connectivity index (χ0n) is 9.70. The molecule has 0 amide bonds. The smallest absolute Gasteiger partial charge is 0.0736 e. The summed E-state index contributed by atoms with van der Waals surface area (Å²) in [6, 6.07) is 1.94. The lowest BCUT2D eigenvalue weighted by molar-refractivity contribution is 0.640. The zero-order chi connectivity index (χ0) is 11.4. The van der Waals surface area contributed by atoms with Crippen LogP contribution in [0.5, 0.6) is 0 Å². The number of anilines is 2. The Morgan fingerprint density at radius 2 is 2.25 bits per heavy atom. The van der Waals surface area contributed by atoms with Crippen LogP contribution in [0, 0.1) is 0 Å². The topological polar surface area (TPSA) is 50.9 Å². The van der Waals surface area contributed by atoms with Crippen molar-refractivity contribution in [2.75, 3.05) is 23.9 Å². The summed E-state index contributed by atoms with van der Waals surface area (Å²) in [5, 5.41) is 3.46. The molecular weight excluding hydrogens is 218 g/mol. The quantitative estimate of drug-likeness (QED) is 0.845. The minimum atomic E-state index is 0.412. The third kappa shape index (κ3) is 2.43. The van der Waals surface area contributed by atoms with Crippen LogP contribution in [0.1, 0.15) is 25.7 Å². The number of nitrogens with two attached hydrogens (primary N) is 1. The SMILES string of the molecule is CSC1(CNc2ccncc2N)CCCC1. The van der Waals surface area contributed by atoms with Gasteiger partial charge in [-0.2, -0.15) is 11.8 Å². The summed E-state index contributed by atoms with van der Waals surface area (Å²) < 4.78 is 0.412. The molecule has 2 rings (SSSR count). The lowest BCUT2D eigenvalue weighted by atomic mass is 10.1. The highest BCUT2D eigenvalue weighted by atomic mass is 32.2. The van der Waals surface area contributed by atoms with Crippen LogP contribution in [0.2, 0.25) is 0 Å². The second kappa shape index (κ2) is 4.95. The maximum Gasteiger partial charge on any atom is 0.0736 e. The first-order valence-electron chi connectivity index (χ1n) is 5.74. The highest BCUT2D eigenvalue weighted by Gasteiger charge is 2.32. The van der Waals surface area contributed by atoms with Crippen LogP contribution in [0.15, 0.2) is 18.5 Å². The van der Waals surface area contributed by atoms with Crippen LogP contribution in [0.25, 0.3) is 0 Å². The van der Waals surface area contributed by atoms with Gasteiger partial charge in [-0.25, -0.2) is 0 Å². The van der Waals surface area contributed by atoms with Gasteiger partial charge in [0.2, 0.25) is 0 Å². The van der Waals surface area contributed by atoms with Crippen molar-refractivity contribution < 1.29 is 0 Å². The van der Waals surface area contributed by atoms with Gasteiger partial charge < -0.3 is 11.1 Å². The van der Waals surface area contributed by atoms with E-state index in [1.54, 1.807) is 12.4 Å². The van der Waals surface area contributed by atoms with Crippen molar-refractivity contribution in [2.24, 2.45) is 0 Å². The van der Waals surface area contributed by atoms with Crippen LogP contribution < -0.4 is 11.1 Å². The third-order valence-electron chi connectivity index (χ3n) is 3.40. The molecule has 1 saturated carbocycles. The molecule has 0 spiro atoms. The van der Waals surface area contributed by atoms with E-state index in [4.69, 9.17) is 5.73 Å². The monoisotopic (exact) mass is 237 g/mol. The Morgan fingerprint density at radius 1 is 1.50 bits per heavy atom. The highest BCUT2D eigenvalue weighted by molar-refractivity contribution is 8.00. The summed E-state index contributed by atoms with van der Waals surface area (Å²) >= 11 is 1.99. The van der Waals surface area contributed by atoms with Gasteiger partial charge in [0.25, 0.3) is 0 Å². The second-order valence-corrected chi connectivity index (χ2v) is 5.68. The summed E-state index contributed by atoms with van der Waals surface area (Å²) in [5.41, 5.74) is 7.60. The number of rotatable bonds is 4. The molecule has 1 heterocycles. The highest BCUT2D eigenvalue weighted by Crippen LogP contribution is 2.40. The Hall–Kier alpha value is -0.900. The van der Waals surface area contributed by atoms with E-state index in [1.807, 2.05) is 17.8 Å². The molecule has 0 aliphatic heterocycles. The molecule has 1 fully saturated rings. The molecule has 1 aliphatic rings. The number of nitrogen functional groups attached to an aromatic ring is 1. The van der Waals surface area contributed by atoms with Gasteiger partial charge >= 0.3 is 0 Å². The van der Waals surface area contributed by atoms with Gasteiger partial charge in [0.15, 0.2) is 0 Å². The number of aromatic nitrogens is 1. The standard InChI is InChI=1S/C12H19N3S/c1-16-12(5-2-3-6-12)9-15-11-4-7-14-8-10(11)13/h4,7-8H,2-3,5-6,9,13H2,1H3,(H,14,15). The third-order valence-corrected chi connectivity index (χ3v) is 4.82. The summed E-state index contributed by atoms with van der Waals surface area (Å²) in [6.07, 6.45) is 11.0. The van der Waals surface area contributed by atoms with E-state index in [-0.39, 0.29) is 0 Å². The van der Waals surface area contributed by atoms with Gasteiger partial charge in [-0.1, -0.05) is 12.8 Å². The van der Waals surface area contributed by atoms with Crippen molar-refractivity contribution in [3.05, 3.63) is 18.5 Å². The molecule has 0 atom stereocenters. The molecule has 4 heteroatoms. The fraction of sp³-hybridized carbons (Fsp3) is 0.583. The van der Waals surface area contributed by atoms with Crippen molar-refractivity contribution in [3.8, 4) is 0 Å². The summed E-state index contributed by atoms with van der Waals surface area (Å²) in [6.45, 7) is 1.00. The van der Waals surface area contributed by atoms with Crippen molar-refractivity contribution in [1.82, 2.24) is 4.98 Å². The van der Waals surface area contributed by atoms with Crippen LogP contribution in [-0.2, 0) is 0 Å². The van der Waals surface area contributed by atoms with Gasteiger partial charge in [-0.05, 0) is 25.2 Å². The van der Waals surface area contributed by atoms with Gasteiger partial charge in [0, 0.05) is 17.5 Å². The Morgan fingerprint density at radius 3 is 2.88 bits per heavy atom. The molecular formula is C12H19N3S. The summed E-state index contributed by atoms with van der Waals surface area (Å²) in [4.78, 5) is 3.99. The van der Waals surface area contributed by atoms with E-state index in [0.29, 0.717) is 4.75 Å². The molecule has 16 heavy (non-hydrogen) atoms. The van der Waals surface area contributed by atoms with E-state index in [0.717, 1.165) is 17.9 Å². The lowest BCUT2D eigenvalue weighted by Gasteiger charge is -2.27. The predicted octanol–water partition coefficient (Wildman–Crippen LogP) is 2.75. The molecule has 0 aromatic carbocycles. The number of hydrogen-bond donors (Lipinski definition) is 2. The Balaban J connectivity index is 1.98. The van der Waals surface area contributed by atoms with Crippen LogP contribution in [0.3, 0.4) is 0 Å². The molecule has 3 N–H and O–H groups in total. The number of thioether (sulfide) groups is 1. The maximum absolute atomic E-state index is 5.86. The normalized spacial score (nSPS) is 18.6. The van der Waals surface area contributed by atoms with E-state index in [2.05, 4.69) is 16.6 Å². The predicted molar refractivity (Wildman–Crippen MR) is 71.9 cm³/mol. The average molecular weight is 237 g/mol. The first-order chi connectivity index (χ1) is 7.76. The lowest BCUT2D eigenvalue weighted by Crippen LogP contribution is -2.30. The van der Waals surface area contributed by atoms with Crippen LogP contribution in [-0.4, -0.2) is 22.5 Å². The largest absolute Gasteiger partial charge is 0.396 e. The Bertz CT molecular complexity index is 348. The Kier molecular flexibility index (Phi) is 3.59. The van der Waals surface area contributed by atoms with Gasteiger partial charge in [0.05, 0.1) is 17.6 Å². The van der Waals surface area contributed by atoms with Crippen molar-refractivity contribution in [2.45, 2.75) is 30.4 Å². The van der Waals surface area contributed by atoms with Crippen molar-refractivity contribution in [1.29, 1.82) is 0 Å². The van der Waals surface area contributed by atoms with Crippen molar-refractivity contribution in [3.63, 3.8) is 0 Å². The zero-order valence-corrected chi connectivity index (χ0v) is 10.5. The number of hydrogen-bond acceptors (Lipinski definition) is 4. The number of nitrogens with zero attached hydrogens (tertiary/aromatic N) is 1. The van der Waals surface area contributed by atoms with Gasteiger partial charge in [0.1, 0.15) is 0 Å². The molecule has 0 unspecified atom stereocenters. The first-order valence-corrected chi connectivity index (χ1v) is 6.97. The summed E-state index contributed by atoms with van der Waals surface area (Å²) in [5.74, 6) is 0. The van der Waals surface area contributed by atoms with Crippen molar-refractivity contribution >= 4 is 23.1 Å². The fourth-order valence-electron chi connectivity index (χ4n) is 2.30. The molecule has 88 valence electrons. The molecule has 0 radical (unpaired) electrons. The first kappa shape index (κ1) is 11.6. The Labute approximate surface area is 101 Å². The fourth-order valence-corrected chi connectivity index (χ4v) is 3.21. The van der Waals surface area contributed by atoms with E-state index in [1.165, 1.54) is 25.7 Å². The van der Waals surface area contributed by atoms with Gasteiger partial charge in [-0.3, -0.25) is 4.98 Å². The van der Waals surface area contributed by atoms with E-state index in [9.17, 15) is 0 Å². The number of pyridine rings is 1. The summed E-state index contributed by atoms with van der Waals surface area (Å²) in [7, 11) is 0. The second-order valence-electron chi connectivity index (χ2n) is 4.41. The minimum Gasteiger partial charge on any atom is -0.396 e. The number of nitrogens with one attached hydrogen (secondary N) is 1. The molecule has 0 saturated heterocycles. The van der Waals surface area contributed by atoms with Crippen LogP contribution in [0.4, 0.5) is 11.4 Å². The molecule has 1 aliphatic carbocycles. The van der Waals surface area contributed by atoms with E-state index < -0.39 is 0 Å². The average Bonchev–Trinajstić information content (AvgIpc) is 2.78. The van der Waals surface area contributed by atoms with E-state index >= 15 is 0 Å². The van der Waals surface area contributed by atoms with Crippen LogP contribution >= 0.6 is 11.8 Å². The van der Waals surface area contributed by atoms with Gasteiger partial charge in [-0.15, -0.1) is 0 Å². The molecule has 1 aromatic heterocycles. The minimum absolute atomic E-state index is 0.412. The molecule has 3 nitrogen and oxygen atoms in total. The maximum atomic E-state index is 5.86. The molecule has 1 aromatic rings.